The molecular formula is C16H21ClF2N2. The van der Waals surface area contributed by atoms with Crippen molar-refractivity contribution in [3.05, 3.63) is 29.6 Å². The maximum Gasteiger partial charge on any atom is 0.153 e. The summed E-state index contributed by atoms with van der Waals surface area (Å²) in [6.07, 6.45) is 7.00. The van der Waals surface area contributed by atoms with Crippen LogP contribution < -0.4 is 0 Å². The van der Waals surface area contributed by atoms with Gasteiger partial charge in [-0.2, -0.15) is 0 Å². The second-order valence-electron chi connectivity index (χ2n) is 5.34. The van der Waals surface area contributed by atoms with E-state index in [9.17, 15) is 8.78 Å². The van der Waals surface area contributed by atoms with Crippen LogP contribution >= 0.6 is 11.6 Å². The zero-order chi connectivity index (χ0) is 15.2. The highest BCUT2D eigenvalue weighted by Crippen LogP contribution is 2.22. The van der Waals surface area contributed by atoms with Crippen molar-refractivity contribution in [3.63, 3.8) is 0 Å². The molecule has 0 saturated heterocycles. The standard InChI is InChI=1S/C16H21ClF2N2/c1-2-3-4-5-6-7-8-21-14-10-12(18)9-13(19)16(14)20-15(21)11-17/h9-10H,2-8,11H2,1H3. The third-order valence-electron chi connectivity index (χ3n) is 3.71. The van der Waals surface area contributed by atoms with Crippen LogP contribution in [0.25, 0.3) is 11.0 Å². The largest absolute Gasteiger partial charge is 0.327 e. The minimum atomic E-state index is -0.627. The molecule has 1 aromatic heterocycles. The predicted octanol–water partition coefficient (Wildman–Crippen LogP) is 5.41. The third-order valence-corrected chi connectivity index (χ3v) is 3.95. The van der Waals surface area contributed by atoms with Crippen LogP contribution in [0.5, 0.6) is 0 Å². The van der Waals surface area contributed by atoms with Crippen LogP contribution in [-0.2, 0) is 12.4 Å². The number of fused-ring (bicyclic) bond motifs is 1. The zero-order valence-corrected chi connectivity index (χ0v) is 13.1. The van der Waals surface area contributed by atoms with Gasteiger partial charge in [0.2, 0.25) is 0 Å². The minimum absolute atomic E-state index is 0.200. The van der Waals surface area contributed by atoms with Crippen LogP contribution in [0.4, 0.5) is 8.78 Å². The van der Waals surface area contributed by atoms with Crippen LogP contribution in [0, 0.1) is 11.6 Å². The van der Waals surface area contributed by atoms with Crippen molar-refractivity contribution in [2.24, 2.45) is 0 Å². The van der Waals surface area contributed by atoms with Gasteiger partial charge in [0.1, 0.15) is 17.2 Å². The number of benzene rings is 1. The van der Waals surface area contributed by atoms with Crippen molar-refractivity contribution >= 4 is 22.6 Å². The van der Waals surface area contributed by atoms with Gasteiger partial charge in [0.15, 0.2) is 5.82 Å². The lowest BCUT2D eigenvalue weighted by molar-refractivity contribution is 0.556. The summed E-state index contributed by atoms with van der Waals surface area (Å²) in [4.78, 5) is 4.19. The number of aromatic nitrogens is 2. The highest BCUT2D eigenvalue weighted by molar-refractivity contribution is 6.16. The van der Waals surface area contributed by atoms with Crippen molar-refractivity contribution in [1.82, 2.24) is 9.55 Å². The average Bonchev–Trinajstić information content (AvgIpc) is 2.81. The first-order chi connectivity index (χ1) is 10.2. The Hall–Kier alpha value is -1.16. The van der Waals surface area contributed by atoms with Gasteiger partial charge in [-0.25, -0.2) is 13.8 Å². The first-order valence-corrected chi connectivity index (χ1v) is 8.11. The second kappa shape index (κ2) is 7.74. The molecular weight excluding hydrogens is 294 g/mol. The summed E-state index contributed by atoms with van der Waals surface area (Å²) < 4.78 is 29.0. The monoisotopic (exact) mass is 314 g/mol. The topological polar surface area (TPSA) is 17.8 Å². The fourth-order valence-electron chi connectivity index (χ4n) is 2.60. The van der Waals surface area contributed by atoms with Gasteiger partial charge in [-0.1, -0.05) is 39.0 Å². The van der Waals surface area contributed by atoms with Gasteiger partial charge in [-0.15, -0.1) is 11.6 Å². The molecule has 1 aromatic carbocycles. The Morgan fingerprint density at radius 1 is 1.10 bits per heavy atom. The number of rotatable bonds is 8. The minimum Gasteiger partial charge on any atom is -0.327 e. The summed E-state index contributed by atoms with van der Waals surface area (Å²) in [7, 11) is 0. The van der Waals surface area contributed by atoms with Gasteiger partial charge in [-0.05, 0) is 12.5 Å². The first kappa shape index (κ1) is 16.2. The molecule has 0 aliphatic carbocycles. The van der Waals surface area contributed by atoms with E-state index in [1.54, 1.807) is 0 Å². The molecule has 21 heavy (non-hydrogen) atoms. The van der Waals surface area contributed by atoms with E-state index >= 15 is 0 Å². The lowest BCUT2D eigenvalue weighted by Gasteiger charge is -2.07. The molecule has 0 unspecified atom stereocenters. The van der Waals surface area contributed by atoms with E-state index in [2.05, 4.69) is 11.9 Å². The normalized spacial score (nSPS) is 11.4. The Balaban J connectivity index is 2.10. The number of hydrogen-bond acceptors (Lipinski definition) is 1. The van der Waals surface area contributed by atoms with Crippen LogP contribution in [0.15, 0.2) is 12.1 Å². The molecule has 1 heterocycles. The van der Waals surface area contributed by atoms with Gasteiger partial charge < -0.3 is 4.57 Å². The third kappa shape index (κ3) is 3.94. The Labute approximate surface area is 129 Å². The molecule has 116 valence electrons. The number of nitrogens with zero attached hydrogens (tertiary/aromatic N) is 2. The number of hydrogen-bond donors (Lipinski definition) is 0. The van der Waals surface area contributed by atoms with E-state index in [1.807, 2.05) is 4.57 Å². The Kier molecular flexibility index (Phi) is 5.97. The molecule has 0 spiro atoms. The summed E-state index contributed by atoms with van der Waals surface area (Å²) >= 11 is 5.88. The molecule has 0 amide bonds. The highest BCUT2D eigenvalue weighted by atomic mass is 35.5. The van der Waals surface area contributed by atoms with Gasteiger partial charge in [0, 0.05) is 12.6 Å². The maximum absolute atomic E-state index is 13.7. The first-order valence-electron chi connectivity index (χ1n) is 7.57. The summed E-state index contributed by atoms with van der Waals surface area (Å²) in [5.74, 6) is -0.404. The van der Waals surface area contributed by atoms with Crippen LogP contribution in [-0.4, -0.2) is 9.55 Å². The smallest absolute Gasteiger partial charge is 0.153 e. The molecule has 2 rings (SSSR count). The summed E-state index contributed by atoms with van der Waals surface area (Å²) in [5, 5.41) is 0. The fourth-order valence-corrected chi connectivity index (χ4v) is 2.80. The number of alkyl halides is 1. The summed E-state index contributed by atoms with van der Waals surface area (Å²) in [6.45, 7) is 2.89. The van der Waals surface area contributed by atoms with E-state index in [1.165, 1.54) is 31.7 Å². The van der Waals surface area contributed by atoms with Crippen molar-refractivity contribution in [2.75, 3.05) is 0 Å². The molecule has 0 fully saturated rings. The van der Waals surface area contributed by atoms with Crippen molar-refractivity contribution < 1.29 is 8.78 Å². The second-order valence-corrected chi connectivity index (χ2v) is 5.60. The molecule has 0 saturated carbocycles. The average molecular weight is 315 g/mol. The Morgan fingerprint density at radius 3 is 2.52 bits per heavy atom. The summed E-state index contributed by atoms with van der Waals surface area (Å²) in [5.41, 5.74) is 0.703. The van der Waals surface area contributed by atoms with E-state index < -0.39 is 11.6 Å². The lowest BCUT2D eigenvalue weighted by Crippen LogP contribution is -2.02. The van der Waals surface area contributed by atoms with Crippen molar-refractivity contribution in [2.45, 2.75) is 57.9 Å². The lowest BCUT2D eigenvalue weighted by atomic mass is 10.1. The highest BCUT2D eigenvalue weighted by Gasteiger charge is 2.14. The van der Waals surface area contributed by atoms with E-state index in [4.69, 9.17) is 11.6 Å². The molecule has 5 heteroatoms. The predicted molar refractivity (Wildman–Crippen MR) is 82.6 cm³/mol. The van der Waals surface area contributed by atoms with Crippen molar-refractivity contribution in [1.29, 1.82) is 0 Å². The number of unbranched alkanes of at least 4 members (excludes halogenated alkanes) is 5. The molecule has 0 aliphatic heterocycles. The SMILES string of the molecule is CCCCCCCCn1c(CCl)nc2c(F)cc(F)cc21. The Bertz CT molecular complexity index is 595. The fraction of sp³-hybridized carbons (Fsp3) is 0.562. The zero-order valence-electron chi connectivity index (χ0n) is 12.3. The van der Waals surface area contributed by atoms with E-state index in [-0.39, 0.29) is 11.4 Å². The molecule has 2 aromatic rings. The maximum atomic E-state index is 13.7. The van der Waals surface area contributed by atoms with Gasteiger partial charge >= 0.3 is 0 Å². The number of imidazole rings is 1. The Morgan fingerprint density at radius 2 is 1.81 bits per heavy atom. The molecule has 2 nitrogen and oxygen atoms in total. The van der Waals surface area contributed by atoms with Crippen LogP contribution in [0.3, 0.4) is 0 Å². The van der Waals surface area contributed by atoms with Gasteiger partial charge in [-0.3, -0.25) is 0 Å². The van der Waals surface area contributed by atoms with Gasteiger partial charge in [0.05, 0.1) is 11.4 Å². The van der Waals surface area contributed by atoms with E-state index in [0.717, 1.165) is 18.9 Å². The summed E-state index contributed by atoms with van der Waals surface area (Å²) in [6, 6.07) is 2.20. The molecule has 0 aliphatic rings. The number of halogens is 3. The molecule has 0 bridgehead atoms. The van der Waals surface area contributed by atoms with Gasteiger partial charge in [0.25, 0.3) is 0 Å². The molecule has 0 atom stereocenters. The van der Waals surface area contributed by atoms with Crippen molar-refractivity contribution in [3.8, 4) is 0 Å². The molecule has 0 radical (unpaired) electrons. The number of aryl methyl sites for hydroxylation is 1. The van der Waals surface area contributed by atoms with Crippen LogP contribution in [0.2, 0.25) is 0 Å². The van der Waals surface area contributed by atoms with E-state index in [0.29, 0.717) is 17.9 Å². The van der Waals surface area contributed by atoms with Crippen LogP contribution in [0.1, 0.15) is 51.3 Å². The molecule has 0 N–H and O–H groups in total. The quantitative estimate of drug-likeness (QED) is 0.470.